The molecule has 0 radical (unpaired) electrons. The van der Waals surface area contributed by atoms with Crippen LogP contribution in [0.5, 0.6) is 0 Å². The van der Waals surface area contributed by atoms with E-state index in [1.807, 2.05) is 0 Å². The summed E-state index contributed by atoms with van der Waals surface area (Å²) in [6.07, 6.45) is 0. The fourth-order valence-electron chi connectivity index (χ4n) is 1.70. The lowest BCUT2D eigenvalue weighted by Crippen LogP contribution is -1.98. The van der Waals surface area contributed by atoms with E-state index in [1.165, 1.54) is 26.5 Å². The van der Waals surface area contributed by atoms with E-state index < -0.39 is 0 Å². The maximum Gasteiger partial charge on any atom is 0.0180 e. The Morgan fingerprint density at radius 1 is 0.941 bits per heavy atom. The molecule has 0 spiro atoms. The molecule has 0 unspecified atom stereocenters. The molecule has 2 N–H and O–H groups in total. The summed E-state index contributed by atoms with van der Waals surface area (Å²) in [4.78, 5) is 2.54. The smallest absolute Gasteiger partial charge is 0.0180 e. The van der Waals surface area contributed by atoms with Crippen molar-refractivity contribution in [2.75, 3.05) is 0 Å². The molecule has 2 aromatic rings. The van der Waals surface area contributed by atoms with Crippen molar-refractivity contribution in [1.29, 1.82) is 0 Å². The van der Waals surface area contributed by atoms with E-state index in [-0.39, 0.29) is 0 Å². The zero-order valence-corrected chi connectivity index (χ0v) is 11.1. The number of benzene rings is 2. The van der Waals surface area contributed by atoms with Gasteiger partial charge in [0.1, 0.15) is 0 Å². The van der Waals surface area contributed by atoms with Gasteiger partial charge in [-0.1, -0.05) is 35.5 Å². The predicted molar refractivity (Wildman–Crippen MR) is 74.4 cm³/mol. The summed E-state index contributed by atoms with van der Waals surface area (Å²) >= 11 is 1.79. The molecule has 0 amide bonds. The van der Waals surface area contributed by atoms with Gasteiger partial charge in [0.05, 0.1) is 0 Å². The number of hydrogen-bond acceptors (Lipinski definition) is 2. The van der Waals surface area contributed by atoms with Crippen molar-refractivity contribution in [2.45, 2.75) is 30.2 Å². The van der Waals surface area contributed by atoms with E-state index in [9.17, 15) is 0 Å². The summed E-state index contributed by atoms with van der Waals surface area (Å²) in [6, 6.07) is 15.1. The summed E-state index contributed by atoms with van der Waals surface area (Å²) in [7, 11) is 0. The lowest BCUT2D eigenvalue weighted by Gasteiger charge is -2.06. The second-order valence-corrected chi connectivity index (χ2v) is 5.35. The highest BCUT2D eigenvalue weighted by atomic mass is 32.2. The quantitative estimate of drug-likeness (QED) is 0.884. The van der Waals surface area contributed by atoms with Crippen LogP contribution < -0.4 is 5.73 Å². The first-order valence-electron chi connectivity index (χ1n) is 5.73. The van der Waals surface area contributed by atoms with Crippen LogP contribution in [0.2, 0.25) is 0 Å². The van der Waals surface area contributed by atoms with E-state index in [0.717, 1.165) is 0 Å². The van der Waals surface area contributed by atoms with Gasteiger partial charge in [-0.3, -0.25) is 0 Å². The van der Waals surface area contributed by atoms with E-state index in [0.29, 0.717) is 6.54 Å². The van der Waals surface area contributed by atoms with Crippen LogP contribution >= 0.6 is 11.8 Å². The molecule has 2 heteroatoms. The summed E-state index contributed by atoms with van der Waals surface area (Å²) in [5.41, 5.74) is 9.45. The monoisotopic (exact) mass is 243 g/mol. The van der Waals surface area contributed by atoms with E-state index in [4.69, 9.17) is 5.73 Å². The number of nitrogens with two attached hydrogens (primary N) is 1. The Labute approximate surface area is 107 Å². The van der Waals surface area contributed by atoms with Crippen LogP contribution in [0, 0.1) is 13.8 Å². The fraction of sp³-hybridized carbons (Fsp3) is 0.200. The minimum absolute atomic E-state index is 0.612. The van der Waals surface area contributed by atoms with Gasteiger partial charge in [0, 0.05) is 16.3 Å². The topological polar surface area (TPSA) is 26.0 Å². The molecular weight excluding hydrogens is 226 g/mol. The normalized spacial score (nSPS) is 10.5. The van der Waals surface area contributed by atoms with Crippen molar-refractivity contribution in [3.05, 3.63) is 59.2 Å². The molecule has 0 atom stereocenters. The van der Waals surface area contributed by atoms with Crippen LogP contribution in [0.15, 0.2) is 52.3 Å². The Bertz CT molecular complexity index is 503. The van der Waals surface area contributed by atoms with Crippen LogP contribution in [0.4, 0.5) is 0 Å². The molecule has 17 heavy (non-hydrogen) atoms. The average molecular weight is 243 g/mol. The highest BCUT2D eigenvalue weighted by molar-refractivity contribution is 7.99. The van der Waals surface area contributed by atoms with Crippen molar-refractivity contribution in [3.8, 4) is 0 Å². The summed E-state index contributed by atoms with van der Waals surface area (Å²) < 4.78 is 0. The van der Waals surface area contributed by atoms with Gasteiger partial charge in [-0.25, -0.2) is 0 Å². The fourth-order valence-corrected chi connectivity index (χ4v) is 2.62. The molecule has 88 valence electrons. The third-order valence-corrected chi connectivity index (χ3v) is 3.79. The molecule has 0 aliphatic carbocycles. The van der Waals surface area contributed by atoms with Crippen LogP contribution in [-0.4, -0.2) is 0 Å². The number of aryl methyl sites for hydroxylation is 2. The van der Waals surface area contributed by atoms with E-state index >= 15 is 0 Å². The second-order valence-electron chi connectivity index (χ2n) is 4.21. The minimum atomic E-state index is 0.612. The standard InChI is InChI=1S/C15H17NS/c1-11-3-6-14(7-4-11)17-15-8-5-13(10-16)12(2)9-15/h3-9H,10,16H2,1-2H3. The molecule has 0 bridgehead atoms. The van der Waals surface area contributed by atoms with Crippen molar-refractivity contribution in [3.63, 3.8) is 0 Å². The third-order valence-electron chi connectivity index (χ3n) is 2.79. The Morgan fingerprint density at radius 3 is 2.18 bits per heavy atom. The molecule has 0 aliphatic heterocycles. The zero-order valence-electron chi connectivity index (χ0n) is 10.2. The van der Waals surface area contributed by atoms with Gasteiger partial charge in [-0.2, -0.15) is 0 Å². The highest BCUT2D eigenvalue weighted by Gasteiger charge is 2.00. The lowest BCUT2D eigenvalue weighted by molar-refractivity contribution is 1.04. The maximum atomic E-state index is 5.66. The van der Waals surface area contributed by atoms with E-state index in [1.54, 1.807) is 11.8 Å². The Hall–Kier alpha value is -1.25. The second kappa shape index (κ2) is 5.39. The van der Waals surface area contributed by atoms with Crippen LogP contribution in [-0.2, 0) is 6.54 Å². The summed E-state index contributed by atoms with van der Waals surface area (Å²) in [6.45, 7) is 4.83. The molecule has 0 saturated carbocycles. The van der Waals surface area contributed by atoms with Crippen LogP contribution in [0.1, 0.15) is 16.7 Å². The minimum Gasteiger partial charge on any atom is -0.326 e. The van der Waals surface area contributed by atoms with Crippen LogP contribution in [0.25, 0.3) is 0 Å². The van der Waals surface area contributed by atoms with Gasteiger partial charge in [0.15, 0.2) is 0 Å². The Morgan fingerprint density at radius 2 is 1.59 bits per heavy atom. The first-order chi connectivity index (χ1) is 8.19. The van der Waals surface area contributed by atoms with Gasteiger partial charge in [-0.15, -0.1) is 0 Å². The van der Waals surface area contributed by atoms with Crippen molar-refractivity contribution in [1.82, 2.24) is 0 Å². The largest absolute Gasteiger partial charge is 0.326 e. The van der Waals surface area contributed by atoms with Gasteiger partial charge in [0.25, 0.3) is 0 Å². The predicted octanol–water partition coefficient (Wildman–Crippen LogP) is 3.91. The van der Waals surface area contributed by atoms with Gasteiger partial charge >= 0.3 is 0 Å². The molecule has 0 aliphatic rings. The molecule has 1 nitrogen and oxygen atoms in total. The van der Waals surface area contributed by atoms with Crippen LogP contribution in [0.3, 0.4) is 0 Å². The molecule has 0 saturated heterocycles. The van der Waals surface area contributed by atoms with E-state index in [2.05, 4.69) is 56.3 Å². The first-order valence-corrected chi connectivity index (χ1v) is 6.55. The molecule has 2 aromatic carbocycles. The summed E-state index contributed by atoms with van der Waals surface area (Å²) in [5, 5.41) is 0. The number of rotatable bonds is 3. The molecule has 0 heterocycles. The Kier molecular flexibility index (Phi) is 3.87. The van der Waals surface area contributed by atoms with Gasteiger partial charge in [-0.05, 0) is 49.2 Å². The van der Waals surface area contributed by atoms with Crippen molar-refractivity contribution < 1.29 is 0 Å². The molecular formula is C15H17NS. The number of hydrogen-bond donors (Lipinski definition) is 1. The maximum absolute atomic E-state index is 5.66. The molecule has 2 rings (SSSR count). The Balaban J connectivity index is 2.19. The van der Waals surface area contributed by atoms with Crippen molar-refractivity contribution in [2.24, 2.45) is 5.73 Å². The van der Waals surface area contributed by atoms with Gasteiger partial charge in [0.2, 0.25) is 0 Å². The summed E-state index contributed by atoms with van der Waals surface area (Å²) in [5.74, 6) is 0. The van der Waals surface area contributed by atoms with Crippen molar-refractivity contribution >= 4 is 11.8 Å². The average Bonchev–Trinajstić information content (AvgIpc) is 2.32. The zero-order chi connectivity index (χ0) is 12.3. The van der Waals surface area contributed by atoms with Gasteiger partial charge < -0.3 is 5.73 Å². The SMILES string of the molecule is Cc1ccc(Sc2ccc(CN)c(C)c2)cc1. The third kappa shape index (κ3) is 3.11. The first kappa shape index (κ1) is 12.2. The molecule has 0 fully saturated rings. The molecule has 0 aromatic heterocycles. The highest BCUT2D eigenvalue weighted by Crippen LogP contribution is 2.29. The lowest BCUT2D eigenvalue weighted by atomic mass is 10.1.